The van der Waals surface area contributed by atoms with Crippen molar-refractivity contribution in [3.8, 4) is 10.6 Å². The number of hydrogen-bond donors (Lipinski definition) is 1. The molecule has 1 saturated heterocycles. The van der Waals surface area contributed by atoms with E-state index in [1.54, 1.807) is 0 Å². The molecule has 0 saturated carbocycles. The summed E-state index contributed by atoms with van der Waals surface area (Å²) >= 11 is 1.49. The van der Waals surface area contributed by atoms with Crippen molar-refractivity contribution in [2.24, 2.45) is 0 Å². The summed E-state index contributed by atoms with van der Waals surface area (Å²) in [6.45, 7) is 3.29. The lowest BCUT2D eigenvalue weighted by Gasteiger charge is -2.39. The molecule has 2 aromatic carbocycles. The molecule has 1 fully saturated rings. The number of aromatic nitrogens is 3. The number of nitrogens with zero attached hydrogens (tertiary/aromatic N) is 4. The fourth-order valence-electron chi connectivity index (χ4n) is 4.12. The highest BCUT2D eigenvalue weighted by Crippen LogP contribution is 2.29. The molecule has 0 bridgehead atoms. The molecule has 4 aromatic rings. The first-order chi connectivity index (χ1) is 15.3. The minimum absolute atomic E-state index is 0.193. The van der Waals surface area contributed by atoms with Crippen molar-refractivity contribution < 1.29 is 0 Å². The highest BCUT2D eigenvalue weighted by Gasteiger charge is 2.27. The molecule has 5 rings (SSSR count). The monoisotopic (exact) mass is 429 g/mol. The van der Waals surface area contributed by atoms with Crippen molar-refractivity contribution in [1.29, 1.82) is 0 Å². The maximum absolute atomic E-state index is 12.5. The van der Waals surface area contributed by atoms with E-state index in [0.29, 0.717) is 11.6 Å². The van der Waals surface area contributed by atoms with Crippen molar-refractivity contribution in [1.82, 2.24) is 20.1 Å². The van der Waals surface area contributed by atoms with E-state index in [-0.39, 0.29) is 11.6 Å². The van der Waals surface area contributed by atoms with Gasteiger partial charge in [-0.3, -0.25) is 14.7 Å². The van der Waals surface area contributed by atoms with Crippen molar-refractivity contribution in [3.05, 3.63) is 99.7 Å². The van der Waals surface area contributed by atoms with Crippen molar-refractivity contribution in [3.63, 3.8) is 0 Å². The summed E-state index contributed by atoms with van der Waals surface area (Å²) in [6.07, 6.45) is 0. The van der Waals surface area contributed by atoms with Gasteiger partial charge in [0.25, 0.3) is 5.56 Å². The van der Waals surface area contributed by atoms with Gasteiger partial charge in [0.1, 0.15) is 0 Å². The lowest BCUT2D eigenvalue weighted by molar-refractivity contribution is 0.211. The highest BCUT2D eigenvalue weighted by atomic mass is 32.1. The molecule has 0 atom stereocenters. The first-order valence-corrected chi connectivity index (χ1v) is 11.3. The summed E-state index contributed by atoms with van der Waals surface area (Å²) in [5.41, 5.74) is 2.76. The molecular weight excluding hydrogens is 406 g/mol. The zero-order chi connectivity index (χ0) is 21.0. The summed E-state index contributed by atoms with van der Waals surface area (Å²) in [4.78, 5) is 20.9. The lowest BCUT2D eigenvalue weighted by Crippen LogP contribution is -2.48. The Morgan fingerprint density at radius 1 is 0.806 bits per heavy atom. The second-order valence-corrected chi connectivity index (χ2v) is 8.50. The Kier molecular flexibility index (Phi) is 5.60. The van der Waals surface area contributed by atoms with Gasteiger partial charge in [-0.15, -0.1) is 21.5 Å². The fraction of sp³-hybridized carbons (Fsp3) is 0.208. The zero-order valence-corrected chi connectivity index (χ0v) is 17.8. The molecule has 1 aliphatic heterocycles. The molecule has 1 N–H and O–H groups in total. The smallest absolute Gasteiger partial charge is 0.280 e. The van der Waals surface area contributed by atoms with E-state index < -0.39 is 0 Å². The normalized spacial score (nSPS) is 14.8. The van der Waals surface area contributed by atoms with Crippen LogP contribution in [0.15, 0.2) is 83.0 Å². The van der Waals surface area contributed by atoms with Crippen LogP contribution < -0.4 is 10.5 Å². The topological polar surface area (TPSA) is 65.1 Å². The SMILES string of the molecule is O=c1[nH]c(N2CCN(C(c3ccccc3)c3ccccc3)CC2)nnc1-c1cccs1. The Labute approximate surface area is 184 Å². The Morgan fingerprint density at radius 2 is 1.45 bits per heavy atom. The van der Waals surface area contributed by atoms with Crippen LogP contribution in [0.5, 0.6) is 0 Å². The van der Waals surface area contributed by atoms with Crippen LogP contribution in [0.2, 0.25) is 0 Å². The number of rotatable bonds is 5. The number of anilines is 1. The Morgan fingerprint density at radius 3 is 2.00 bits per heavy atom. The molecule has 0 aliphatic carbocycles. The van der Waals surface area contributed by atoms with Gasteiger partial charge in [0.2, 0.25) is 5.95 Å². The van der Waals surface area contributed by atoms with Crippen LogP contribution >= 0.6 is 11.3 Å². The average molecular weight is 430 g/mol. The predicted octanol–water partition coefficient (Wildman–Crippen LogP) is 3.81. The van der Waals surface area contributed by atoms with Crippen molar-refractivity contribution in [2.75, 3.05) is 31.1 Å². The van der Waals surface area contributed by atoms with Gasteiger partial charge in [0, 0.05) is 26.2 Å². The maximum Gasteiger partial charge on any atom is 0.280 e. The van der Waals surface area contributed by atoms with Crippen LogP contribution in [0.3, 0.4) is 0 Å². The van der Waals surface area contributed by atoms with Gasteiger partial charge in [0.15, 0.2) is 5.69 Å². The van der Waals surface area contributed by atoms with Gasteiger partial charge in [0.05, 0.1) is 10.9 Å². The molecule has 0 spiro atoms. The summed E-state index contributed by atoms with van der Waals surface area (Å²) in [6, 6.07) is 25.2. The van der Waals surface area contributed by atoms with Crippen molar-refractivity contribution in [2.45, 2.75) is 6.04 Å². The number of hydrogen-bond acceptors (Lipinski definition) is 6. The van der Waals surface area contributed by atoms with Crippen molar-refractivity contribution >= 4 is 17.3 Å². The molecule has 0 unspecified atom stereocenters. The molecule has 0 amide bonds. The minimum atomic E-state index is -0.193. The molecule has 6 nitrogen and oxygen atoms in total. The minimum Gasteiger partial charge on any atom is -0.338 e. The number of nitrogens with one attached hydrogen (secondary N) is 1. The van der Waals surface area contributed by atoms with Gasteiger partial charge in [-0.2, -0.15) is 0 Å². The Bertz CT molecular complexity index is 1130. The first kappa shape index (κ1) is 19.7. The quantitative estimate of drug-likeness (QED) is 0.523. The summed E-state index contributed by atoms with van der Waals surface area (Å²) in [7, 11) is 0. The van der Waals surface area contributed by atoms with Crippen LogP contribution in [0.4, 0.5) is 5.95 Å². The van der Waals surface area contributed by atoms with E-state index in [0.717, 1.165) is 31.1 Å². The van der Waals surface area contributed by atoms with Gasteiger partial charge in [-0.05, 0) is 22.6 Å². The average Bonchev–Trinajstić information content (AvgIpc) is 3.36. The molecule has 7 heteroatoms. The third-order valence-corrected chi connectivity index (χ3v) is 6.53. The maximum atomic E-state index is 12.5. The second-order valence-electron chi connectivity index (χ2n) is 7.55. The number of aromatic amines is 1. The third-order valence-electron chi connectivity index (χ3n) is 5.65. The molecule has 1 aliphatic rings. The van der Waals surface area contributed by atoms with E-state index in [4.69, 9.17) is 0 Å². The number of H-pyrrole nitrogens is 1. The van der Waals surface area contributed by atoms with E-state index in [2.05, 4.69) is 85.6 Å². The summed E-state index contributed by atoms with van der Waals surface area (Å²) in [5, 5.41) is 10.5. The number of piperazine rings is 1. The molecular formula is C24H23N5OS. The fourth-order valence-corrected chi connectivity index (χ4v) is 4.83. The van der Waals surface area contributed by atoms with Gasteiger partial charge >= 0.3 is 0 Å². The molecule has 31 heavy (non-hydrogen) atoms. The van der Waals surface area contributed by atoms with E-state index in [1.807, 2.05) is 17.5 Å². The second kappa shape index (κ2) is 8.83. The zero-order valence-electron chi connectivity index (χ0n) is 17.0. The van der Waals surface area contributed by atoms with E-state index in [9.17, 15) is 4.79 Å². The summed E-state index contributed by atoms with van der Waals surface area (Å²) < 4.78 is 0. The lowest BCUT2D eigenvalue weighted by atomic mass is 9.96. The highest BCUT2D eigenvalue weighted by molar-refractivity contribution is 7.13. The van der Waals surface area contributed by atoms with Gasteiger partial charge in [-0.1, -0.05) is 66.7 Å². The van der Waals surface area contributed by atoms with E-state index in [1.165, 1.54) is 22.5 Å². The van der Waals surface area contributed by atoms with Crippen LogP contribution in [-0.2, 0) is 0 Å². The molecule has 3 heterocycles. The van der Waals surface area contributed by atoms with E-state index >= 15 is 0 Å². The Balaban J connectivity index is 1.34. The van der Waals surface area contributed by atoms with Crippen LogP contribution in [0, 0.1) is 0 Å². The summed E-state index contributed by atoms with van der Waals surface area (Å²) in [5.74, 6) is 0.543. The number of thiophene rings is 1. The van der Waals surface area contributed by atoms with Crippen LogP contribution in [0.1, 0.15) is 17.2 Å². The van der Waals surface area contributed by atoms with Gasteiger partial charge < -0.3 is 4.90 Å². The van der Waals surface area contributed by atoms with Crippen LogP contribution in [0.25, 0.3) is 10.6 Å². The molecule has 2 aromatic heterocycles. The molecule has 156 valence electrons. The number of benzene rings is 2. The first-order valence-electron chi connectivity index (χ1n) is 10.4. The molecule has 0 radical (unpaired) electrons. The standard InChI is InChI=1S/C24H23N5OS/c30-23-21(20-12-7-17-31-20)26-27-24(25-23)29-15-13-28(14-16-29)22(18-8-3-1-4-9-18)19-10-5-2-6-11-19/h1-12,17,22H,13-16H2,(H,25,27,30). The predicted molar refractivity (Wildman–Crippen MR) is 124 cm³/mol. The van der Waals surface area contributed by atoms with Crippen LogP contribution in [-0.4, -0.2) is 46.3 Å². The Hall–Kier alpha value is -3.29. The third kappa shape index (κ3) is 4.15. The largest absolute Gasteiger partial charge is 0.338 e. The van der Waals surface area contributed by atoms with Gasteiger partial charge in [-0.25, -0.2) is 0 Å².